The first kappa shape index (κ1) is 17.3. The number of halogens is 1. The van der Waals surface area contributed by atoms with Gasteiger partial charge < -0.3 is 0 Å². The molecular weight excluding hydrogens is 289 g/mol. The van der Waals surface area contributed by atoms with Gasteiger partial charge in [-0.05, 0) is 28.7 Å². The van der Waals surface area contributed by atoms with Crippen molar-refractivity contribution in [3.05, 3.63) is 65.2 Å². The number of carbonyl (C=O) groups is 1. The highest BCUT2D eigenvalue weighted by Gasteiger charge is 2.15. The van der Waals surface area contributed by atoms with E-state index in [1.54, 1.807) is 6.07 Å². The fourth-order valence-electron chi connectivity index (χ4n) is 2.55. The molecule has 3 heteroatoms. The van der Waals surface area contributed by atoms with E-state index in [9.17, 15) is 9.18 Å². The summed E-state index contributed by atoms with van der Waals surface area (Å²) >= 11 is 0. The van der Waals surface area contributed by atoms with E-state index in [-0.39, 0.29) is 22.9 Å². The van der Waals surface area contributed by atoms with Crippen molar-refractivity contribution >= 4 is 5.78 Å². The summed E-state index contributed by atoms with van der Waals surface area (Å²) in [4.78, 5) is 16.3. The number of nitrogens with zero attached hydrogens (tertiary/aromatic N) is 1. The first-order valence-electron chi connectivity index (χ1n) is 7.98. The van der Waals surface area contributed by atoms with Gasteiger partial charge in [-0.25, -0.2) is 4.39 Å². The molecular formula is C20H24FNO. The molecule has 0 aliphatic rings. The highest BCUT2D eigenvalue weighted by molar-refractivity contribution is 5.81. The minimum Gasteiger partial charge on any atom is -0.299 e. The number of ketones is 1. The molecule has 0 radical (unpaired) electrons. The van der Waals surface area contributed by atoms with Gasteiger partial charge in [-0.15, -0.1) is 0 Å². The number of pyridine rings is 1. The van der Waals surface area contributed by atoms with Gasteiger partial charge in [-0.1, -0.05) is 52.0 Å². The molecule has 0 saturated heterocycles. The van der Waals surface area contributed by atoms with Crippen LogP contribution in [0.15, 0.2) is 42.6 Å². The molecule has 0 spiro atoms. The molecule has 1 heterocycles. The SMILES string of the molecule is C[C@@H](CC(=O)Cc1ccc(C(C)(C)C)cc1)c1ccc(F)cn1. The number of hydrogen-bond donors (Lipinski definition) is 0. The number of aromatic nitrogens is 1. The van der Waals surface area contributed by atoms with Crippen molar-refractivity contribution in [2.75, 3.05) is 0 Å². The van der Waals surface area contributed by atoms with Crippen LogP contribution in [-0.2, 0) is 16.6 Å². The van der Waals surface area contributed by atoms with Crippen LogP contribution in [0.1, 0.15) is 56.9 Å². The van der Waals surface area contributed by atoms with Crippen LogP contribution in [0.25, 0.3) is 0 Å². The first-order chi connectivity index (χ1) is 10.8. The van der Waals surface area contributed by atoms with Gasteiger partial charge >= 0.3 is 0 Å². The quantitative estimate of drug-likeness (QED) is 0.792. The summed E-state index contributed by atoms with van der Waals surface area (Å²) in [5.74, 6) is -0.185. The van der Waals surface area contributed by atoms with Crippen molar-refractivity contribution in [2.24, 2.45) is 0 Å². The van der Waals surface area contributed by atoms with Crippen molar-refractivity contribution in [3.63, 3.8) is 0 Å². The van der Waals surface area contributed by atoms with Crippen LogP contribution < -0.4 is 0 Å². The van der Waals surface area contributed by atoms with Crippen LogP contribution in [-0.4, -0.2) is 10.8 Å². The van der Waals surface area contributed by atoms with Gasteiger partial charge in [0.05, 0.1) is 6.20 Å². The molecule has 0 aliphatic carbocycles. The maximum Gasteiger partial charge on any atom is 0.141 e. The highest BCUT2D eigenvalue weighted by Crippen LogP contribution is 2.23. The lowest BCUT2D eigenvalue weighted by atomic mass is 9.86. The largest absolute Gasteiger partial charge is 0.299 e. The maximum absolute atomic E-state index is 12.9. The Morgan fingerprint density at radius 2 is 1.78 bits per heavy atom. The third-order valence-corrected chi connectivity index (χ3v) is 4.01. The van der Waals surface area contributed by atoms with E-state index in [2.05, 4.69) is 37.9 Å². The maximum atomic E-state index is 12.9. The third-order valence-electron chi connectivity index (χ3n) is 4.01. The normalized spacial score (nSPS) is 12.9. The molecule has 23 heavy (non-hydrogen) atoms. The Kier molecular flexibility index (Phi) is 5.30. The molecule has 0 N–H and O–H groups in total. The Hall–Kier alpha value is -2.03. The monoisotopic (exact) mass is 313 g/mol. The second kappa shape index (κ2) is 7.03. The molecule has 2 aromatic rings. The molecule has 0 aliphatic heterocycles. The zero-order valence-electron chi connectivity index (χ0n) is 14.3. The van der Waals surface area contributed by atoms with E-state index < -0.39 is 0 Å². The van der Waals surface area contributed by atoms with Crippen LogP contribution in [0.2, 0.25) is 0 Å². The average Bonchev–Trinajstić information content (AvgIpc) is 2.47. The van der Waals surface area contributed by atoms with Gasteiger partial charge in [-0.2, -0.15) is 0 Å². The number of benzene rings is 1. The predicted octanol–water partition coefficient (Wildman–Crippen LogP) is 4.82. The van der Waals surface area contributed by atoms with Crippen LogP contribution >= 0.6 is 0 Å². The van der Waals surface area contributed by atoms with Gasteiger partial charge in [0, 0.05) is 24.5 Å². The number of Topliss-reactive ketones (excluding diaryl/α,β-unsaturated/α-hetero) is 1. The zero-order chi connectivity index (χ0) is 17.0. The fourth-order valence-corrected chi connectivity index (χ4v) is 2.55. The second-order valence-electron chi connectivity index (χ2n) is 7.17. The summed E-state index contributed by atoms with van der Waals surface area (Å²) in [6.45, 7) is 8.46. The Balaban J connectivity index is 1.95. The Bertz CT molecular complexity index is 654. The Morgan fingerprint density at radius 1 is 1.13 bits per heavy atom. The topological polar surface area (TPSA) is 30.0 Å². The number of hydrogen-bond acceptors (Lipinski definition) is 2. The summed E-state index contributed by atoms with van der Waals surface area (Å²) < 4.78 is 12.9. The summed E-state index contributed by atoms with van der Waals surface area (Å²) in [6.07, 6.45) is 2.04. The molecule has 0 unspecified atom stereocenters. The average molecular weight is 313 g/mol. The lowest BCUT2D eigenvalue weighted by Gasteiger charge is -2.19. The minimum absolute atomic E-state index is 0.00283. The van der Waals surface area contributed by atoms with Crippen LogP contribution in [0.5, 0.6) is 0 Å². The molecule has 0 bridgehead atoms. The molecule has 1 aromatic carbocycles. The molecule has 2 nitrogen and oxygen atoms in total. The fraction of sp³-hybridized carbons (Fsp3) is 0.400. The van der Waals surface area contributed by atoms with Crippen molar-refractivity contribution < 1.29 is 9.18 Å². The van der Waals surface area contributed by atoms with Crippen molar-refractivity contribution in [3.8, 4) is 0 Å². The zero-order valence-corrected chi connectivity index (χ0v) is 14.3. The number of rotatable bonds is 5. The van der Waals surface area contributed by atoms with E-state index in [4.69, 9.17) is 0 Å². The van der Waals surface area contributed by atoms with Crippen molar-refractivity contribution in [1.82, 2.24) is 4.98 Å². The minimum atomic E-state index is -0.355. The second-order valence-corrected chi connectivity index (χ2v) is 7.17. The van der Waals surface area contributed by atoms with Crippen LogP contribution in [0.3, 0.4) is 0 Å². The van der Waals surface area contributed by atoms with Crippen LogP contribution in [0, 0.1) is 5.82 Å². The van der Waals surface area contributed by atoms with Gasteiger partial charge in [0.1, 0.15) is 11.6 Å². The van der Waals surface area contributed by atoms with Crippen LogP contribution in [0.4, 0.5) is 4.39 Å². The molecule has 1 atom stereocenters. The summed E-state index contributed by atoms with van der Waals surface area (Å²) in [6, 6.07) is 11.3. The lowest BCUT2D eigenvalue weighted by Crippen LogP contribution is -2.12. The van der Waals surface area contributed by atoms with Gasteiger partial charge in [0.15, 0.2) is 0 Å². The molecule has 122 valence electrons. The summed E-state index contributed by atoms with van der Waals surface area (Å²) in [7, 11) is 0. The number of carbonyl (C=O) groups excluding carboxylic acids is 1. The van der Waals surface area contributed by atoms with Gasteiger partial charge in [0.25, 0.3) is 0 Å². The van der Waals surface area contributed by atoms with E-state index >= 15 is 0 Å². The van der Waals surface area contributed by atoms with E-state index in [1.165, 1.54) is 17.8 Å². The standard InChI is InChI=1S/C20H24FNO/c1-14(19-10-9-17(21)13-22-19)11-18(23)12-15-5-7-16(8-6-15)20(2,3)4/h5-10,13-14H,11-12H2,1-4H3/t14-/m0/s1. The molecule has 2 rings (SSSR count). The molecule has 0 saturated carbocycles. The van der Waals surface area contributed by atoms with Crippen molar-refractivity contribution in [2.45, 2.75) is 51.9 Å². The van der Waals surface area contributed by atoms with E-state index in [0.29, 0.717) is 12.8 Å². The smallest absolute Gasteiger partial charge is 0.141 e. The van der Waals surface area contributed by atoms with Gasteiger partial charge in [-0.3, -0.25) is 9.78 Å². The van der Waals surface area contributed by atoms with E-state index in [1.807, 2.05) is 19.1 Å². The predicted molar refractivity (Wildman–Crippen MR) is 91.1 cm³/mol. The lowest BCUT2D eigenvalue weighted by molar-refractivity contribution is -0.118. The van der Waals surface area contributed by atoms with Crippen molar-refractivity contribution in [1.29, 1.82) is 0 Å². The molecule has 0 fully saturated rings. The van der Waals surface area contributed by atoms with E-state index in [0.717, 1.165) is 11.3 Å². The highest BCUT2D eigenvalue weighted by atomic mass is 19.1. The first-order valence-corrected chi connectivity index (χ1v) is 7.98. The third kappa shape index (κ3) is 4.98. The Labute approximate surface area is 137 Å². The van der Waals surface area contributed by atoms with Gasteiger partial charge in [0.2, 0.25) is 0 Å². The summed E-state index contributed by atoms with van der Waals surface area (Å²) in [5.41, 5.74) is 3.16. The summed E-state index contributed by atoms with van der Waals surface area (Å²) in [5, 5.41) is 0. The Morgan fingerprint density at radius 3 is 2.30 bits per heavy atom. The molecule has 0 amide bonds. The molecule has 1 aromatic heterocycles.